The van der Waals surface area contributed by atoms with Crippen molar-refractivity contribution in [3.05, 3.63) is 60.0 Å². The van der Waals surface area contributed by atoms with Gasteiger partial charge >= 0.3 is 0 Å². The van der Waals surface area contributed by atoms with Gasteiger partial charge in [0.25, 0.3) is 0 Å². The van der Waals surface area contributed by atoms with E-state index in [1.807, 2.05) is 19.2 Å². The summed E-state index contributed by atoms with van der Waals surface area (Å²) in [5, 5.41) is 0. The SMILES string of the molecule is C=C1CC=CC=C1c1ccnc(C)c1. The Morgan fingerprint density at radius 1 is 1.43 bits per heavy atom. The summed E-state index contributed by atoms with van der Waals surface area (Å²) in [7, 11) is 0. The van der Waals surface area contributed by atoms with Crippen LogP contribution in [0.15, 0.2) is 48.7 Å². The molecule has 0 unspecified atom stereocenters. The van der Waals surface area contributed by atoms with Crippen LogP contribution in [0, 0.1) is 6.92 Å². The molecule has 0 saturated heterocycles. The van der Waals surface area contributed by atoms with Crippen LogP contribution in [0.1, 0.15) is 17.7 Å². The maximum atomic E-state index is 4.18. The largest absolute Gasteiger partial charge is 0.262 e. The normalized spacial score (nSPS) is 15.5. The Bertz CT molecular complexity index is 425. The highest BCUT2D eigenvalue weighted by Gasteiger charge is 2.06. The predicted octanol–water partition coefficient (Wildman–Crippen LogP) is 3.29. The topological polar surface area (TPSA) is 12.9 Å². The van der Waals surface area contributed by atoms with E-state index < -0.39 is 0 Å². The van der Waals surface area contributed by atoms with Gasteiger partial charge in [0.15, 0.2) is 0 Å². The number of hydrogen-bond acceptors (Lipinski definition) is 1. The summed E-state index contributed by atoms with van der Waals surface area (Å²) in [6, 6.07) is 4.12. The molecule has 0 N–H and O–H groups in total. The Kier molecular flexibility index (Phi) is 2.32. The van der Waals surface area contributed by atoms with Crippen LogP contribution in [0.3, 0.4) is 0 Å². The number of hydrogen-bond donors (Lipinski definition) is 0. The molecule has 0 amide bonds. The molecule has 0 fully saturated rings. The summed E-state index contributed by atoms with van der Waals surface area (Å²) in [6.45, 7) is 6.07. The van der Waals surface area contributed by atoms with E-state index in [1.165, 1.54) is 16.7 Å². The molecule has 0 aliphatic heterocycles. The standard InChI is InChI=1S/C13H13N/c1-10-5-3-4-6-13(10)12-7-8-14-11(2)9-12/h3-4,6-9H,1,5H2,2H3. The molecule has 0 radical (unpaired) electrons. The van der Waals surface area contributed by atoms with Crippen molar-refractivity contribution in [3.63, 3.8) is 0 Å². The first-order valence-corrected chi connectivity index (χ1v) is 4.75. The lowest BCUT2D eigenvalue weighted by molar-refractivity contribution is 1.19. The van der Waals surface area contributed by atoms with Crippen molar-refractivity contribution in [1.29, 1.82) is 0 Å². The fourth-order valence-electron chi connectivity index (χ4n) is 1.62. The van der Waals surface area contributed by atoms with Crippen molar-refractivity contribution in [3.8, 4) is 0 Å². The first-order valence-electron chi connectivity index (χ1n) is 4.75. The van der Waals surface area contributed by atoms with Crippen molar-refractivity contribution in [1.82, 2.24) is 4.98 Å². The van der Waals surface area contributed by atoms with E-state index in [-0.39, 0.29) is 0 Å². The van der Waals surface area contributed by atoms with E-state index in [0.29, 0.717) is 0 Å². The van der Waals surface area contributed by atoms with Crippen LogP contribution in [0.2, 0.25) is 0 Å². The molecule has 14 heavy (non-hydrogen) atoms. The Balaban J connectivity index is 2.44. The van der Waals surface area contributed by atoms with Crippen molar-refractivity contribution >= 4 is 5.57 Å². The van der Waals surface area contributed by atoms with Crippen LogP contribution in [-0.4, -0.2) is 4.98 Å². The molecule has 70 valence electrons. The zero-order valence-electron chi connectivity index (χ0n) is 8.33. The van der Waals surface area contributed by atoms with Gasteiger partial charge in [0, 0.05) is 11.9 Å². The average Bonchev–Trinajstić information content (AvgIpc) is 2.18. The Labute approximate surface area is 84.5 Å². The highest BCUT2D eigenvalue weighted by atomic mass is 14.6. The molecule has 1 aliphatic carbocycles. The maximum Gasteiger partial charge on any atom is 0.0378 e. The Morgan fingerprint density at radius 2 is 2.29 bits per heavy atom. The second-order valence-corrected chi connectivity index (χ2v) is 3.50. The Hall–Kier alpha value is -1.63. The maximum absolute atomic E-state index is 4.18. The van der Waals surface area contributed by atoms with Gasteiger partial charge in [-0.15, -0.1) is 0 Å². The van der Waals surface area contributed by atoms with Crippen molar-refractivity contribution < 1.29 is 0 Å². The molecular formula is C13H13N. The summed E-state index contributed by atoms with van der Waals surface area (Å²) < 4.78 is 0. The molecule has 0 aromatic carbocycles. The van der Waals surface area contributed by atoms with Gasteiger partial charge in [-0.3, -0.25) is 4.98 Å². The molecule has 0 spiro atoms. The number of aryl methyl sites for hydroxylation is 1. The van der Waals surface area contributed by atoms with Crippen LogP contribution in [0.25, 0.3) is 5.57 Å². The molecule has 1 heteroatoms. The monoisotopic (exact) mass is 183 g/mol. The molecule has 1 aliphatic rings. The minimum absolute atomic E-state index is 0.952. The second-order valence-electron chi connectivity index (χ2n) is 3.50. The molecule has 2 rings (SSSR count). The summed E-state index contributed by atoms with van der Waals surface area (Å²) in [5.41, 5.74) is 4.67. The van der Waals surface area contributed by atoms with E-state index >= 15 is 0 Å². The number of nitrogens with zero attached hydrogens (tertiary/aromatic N) is 1. The van der Waals surface area contributed by atoms with Crippen LogP contribution in [-0.2, 0) is 0 Å². The molecule has 0 atom stereocenters. The number of pyridine rings is 1. The van der Waals surface area contributed by atoms with Crippen LogP contribution < -0.4 is 0 Å². The van der Waals surface area contributed by atoms with Gasteiger partial charge < -0.3 is 0 Å². The summed E-state index contributed by atoms with van der Waals surface area (Å²) in [5.74, 6) is 0. The third-order valence-electron chi connectivity index (χ3n) is 2.35. The minimum atomic E-state index is 0.952. The lowest BCUT2D eigenvalue weighted by Gasteiger charge is -2.12. The third-order valence-corrected chi connectivity index (χ3v) is 2.35. The first-order chi connectivity index (χ1) is 6.77. The van der Waals surface area contributed by atoms with Gasteiger partial charge in [0.1, 0.15) is 0 Å². The molecule has 0 bridgehead atoms. The summed E-state index contributed by atoms with van der Waals surface area (Å²) in [6.07, 6.45) is 9.12. The number of allylic oxidation sites excluding steroid dienone is 5. The van der Waals surface area contributed by atoms with Gasteiger partial charge in [-0.2, -0.15) is 0 Å². The highest BCUT2D eigenvalue weighted by Crippen LogP contribution is 2.27. The van der Waals surface area contributed by atoms with E-state index in [9.17, 15) is 0 Å². The van der Waals surface area contributed by atoms with E-state index in [0.717, 1.165) is 12.1 Å². The van der Waals surface area contributed by atoms with Gasteiger partial charge in [0.05, 0.1) is 0 Å². The molecular weight excluding hydrogens is 170 g/mol. The quantitative estimate of drug-likeness (QED) is 0.651. The van der Waals surface area contributed by atoms with Crippen molar-refractivity contribution in [2.24, 2.45) is 0 Å². The van der Waals surface area contributed by atoms with E-state index in [4.69, 9.17) is 0 Å². The van der Waals surface area contributed by atoms with Gasteiger partial charge in [0.2, 0.25) is 0 Å². The van der Waals surface area contributed by atoms with Gasteiger partial charge in [-0.25, -0.2) is 0 Å². The lowest BCUT2D eigenvalue weighted by atomic mass is 9.93. The summed E-state index contributed by atoms with van der Waals surface area (Å²) in [4.78, 5) is 4.18. The highest BCUT2D eigenvalue weighted by molar-refractivity contribution is 5.80. The summed E-state index contributed by atoms with van der Waals surface area (Å²) >= 11 is 0. The molecule has 1 nitrogen and oxygen atoms in total. The van der Waals surface area contributed by atoms with E-state index in [1.54, 1.807) is 0 Å². The van der Waals surface area contributed by atoms with Crippen molar-refractivity contribution in [2.75, 3.05) is 0 Å². The molecule has 1 aromatic rings. The molecule has 1 aromatic heterocycles. The fraction of sp³-hybridized carbons (Fsp3) is 0.154. The van der Waals surface area contributed by atoms with Crippen LogP contribution in [0.4, 0.5) is 0 Å². The zero-order chi connectivity index (χ0) is 9.97. The van der Waals surface area contributed by atoms with Gasteiger partial charge in [-0.05, 0) is 42.2 Å². The predicted molar refractivity (Wildman–Crippen MR) is 59.8 cm³/mol. The smallest absolute Gasteiger partial charge is 0.0378 e. The first kappa shape index (κ1) is 8.95. The lowest BCUT2D eigenvalue weighted by Crippen LogP contribution is -1.92. The molecule has 1 heterocycles. The zero-order valence-corrected chi connectivity index (χ0v) is 8.33. The Morgan fingerprint density at radius 3 is 3.00 bits per heavy atom. The van der Waals surface area contributed by atoms with Gasteiger partial charge in [-0.1, -0.05) is 24.8 Å². The van der Waals surface area contributed by atoms with E-state index in [2.05, 4.69) is 35.9 Å². The second kappa shape index (κ2) is 3.62. The van der Waals surface area contributed by atoms with Crippen molar-refractivity contribution in [2.45, 2.75) is 13.3 Å². The third kappa shape index (κ3) is 1.67. The fourth-order valence-corrected chi connectivity index (χ4v) is 1.62. The average molecular weight is 183 g/mol. The van der Waals surface area contributed by atoms with Crippen LogP contribution >= 0.6 is 0 Å². The number of rotatable bonds is 1. The molecule has 0 saturated carbocycles. The number of aromatic nitrogens is 1. The minimum Gasteiger partial charge on any atom is -0.262 e. The van der Waals surface area contributed by atoms with Crippen LogP contribution in [0.5, 0.6) is 0 Å².